The van der Waals surface area contributed by atoms with E-state index in [0.29, 0.717) is 0 Å². The normalized spacial score (nSPS) is 11.0. The van der Waals surface area contributed by atoms with E-state index < -0.39 is 0 Å². The van der Waals surface area contributed by atoms with Crippen LogP contribution in [-0.2, 0) is 12.8 Å². The Bertz CT molecular complexity index is 762. The number of aryl methyl sites for hydroxylation is 3. The van der Waals surface area contributed by atoms with Gasteiger partial charge in [0.1, 0.15) is 16.2 Å². The second-order valence-corrected chi connectivity index (χ2v) is 5.88. The summed E-state index contributed by atoms with van der Waals surface area (Å²) in [6.45, 7) is 2.10. The van der Waals surface area contributed by atoms with Gasteiger partial charge in [-0.15, -0.1) is 0 Å². The number of imidazole rings is 1. The zero-order valence-corrected chi connectivity index (χ0v) is 13.7. The first-order valence-corrected chi connectivity index (χ1v) is 7.72. The third-order valence-electron chi connectivity index (χ3n) is 3.61. The van der Waals surface area contributed by atoms with Crippen molar-refractivity contribution in [3.05, 3.63) is 64.1 Å². The monoisotopic (exact) mass is 344 g/mol. The van der Waals surface area contributed by atoms with Crippen LogP contribution < -0.4 is 4.74 Å². The van der Waals surface area contributed by atoms with Crippen LogP contribution in [0.2, 0.25) is 0 Å². The first-order valence-electron chi connectivity index (χ1n) is 6.93. The molecule has 3 aromatic rings. The first-order chi connectivity index (χ1) is 10.2. The quantitative estimate of drug-likeness (QED) is 0.709. The minimum absolute atomic E-state index is 0.892. The van der Waals surface area contributed by atoms with E-state index in [4.69, 9.17) is 4.74 Å². The number of halogens is 1. The molecule has 0 radical (unpaired) electrons. The molecule has 108 valence electrons. The van der Waals surface area contributed by atoms with Crippen LogP contribution in [0.25, 0.3) is 5.52 Å². The molecule has 1 aromatic carbocycles. The Morgan fingerprint density at radius 2 is 1.86 bits per heavy atom. The molecule has 4 heteroatoms. The zero-order chi connectivity index (χ0) is 14.8. The average Bonchev–Trinajstić information content (AvgIpc) is 2.81. The lowest BCUT2D eigenvalue weighted by Crippen LogP contribution is -1.98. The van der Waals surface area contributed by atoms with E-state index in [2.05, 4.69) is 62.7 Å². The number of hydrogen-bond donors (Lipinski definition) is 0. The van der Waals surface area contributed by atoms with Crippen LogP contribution >= 0.6 is 15.9 Å². The van der Waals surface area contributed by atoms with Gasteiger partial charge < -0.3 is 9.14 Å². The molecule has 0 amide bonds. The maximum atomic E-state index is 5.18. The molecule has 0 unspecified atom stereocenters. The molecule has 0 saturated carbocycles. The molecule has 3 rings (SSSR count). The molecule has 2 aromatic heterocycles. The summed E-state index contributed by atoms with van der Waals surface area (Å²) in [7, 11) is 1.69. The van der Waals surface area contributed by atoms with Crippen LogP contribution in [0.5, 0.6) is 5.75 Å². The van der Waals surface area contributed by atoms with Gasteiger partial charge in [0, 0.05) is 12.6 Å². The number of methoxy groups -OCH3 is 1. The first kappa shape index (κ1) is 14.1. The summed E-state index contributed by atoms with van der Waals surface area (Å²) >= 11 is 3.54. The predicted octanol–water partition coefficient (Wildman–Crippen LogP) is 4.20. The summed E-state index contributed by atoms with van der Waals surface area (Å²) in [5.41, 5.74) is 3.64. The van der Waals surface area contributed by atoms with E-state index in [9.17, 15) is 0 Å². The minimum atomic E-state index is 0.892. The molecule has 0 aliphatic rings. The van der Waals surface area contributed by atoms with Crippen LogP contribution in [0, 0.1) is 6.92 Å². The number of pyridine rings is 1. The van der Waals surface area contributed by atoms with Crippen LogP contribution in [-0.4, -0.2) is 16.5 Å². The van der Waals surface area contributed by atoms with Crippen LogP contribution in [0.3, 0.4) is 0 Å². The van der Waals surface area contributed by atoms with Crippen LogP contribution in [0.15, 0.2) is 47.2 Å². The number of benzene rings is 1. The highest BCUT2D eigenvalue weighted by molar-refractivity contribution is 9.10. The van der Waals surface area contributed by atoms with Crippen molar-refractivity contribution in [2.75, 3.05) is 7.11 Å². The lowest BCUT2D eigenvalue weighted by molar-refractivity contribution is 0.414. The van der Waals surface area contributed by atoms with Crippen LogP contribution in [0.4, 0.5) is 0 Å². The van der Waals surface area contributed by atoms with Gasteiger partial charge in [-0.1, -0.05) is 18.2 Å². The van der Waals surface area contributed by atoms with Gasteiger partial charge in [-0.25, -0.2) is 4.98 Å². The molecule has 21 heavy (non-hydrogen) atoms. The van der Waals surface area contributed by atoms with Gasteiger partial charge in [0.25, 0.3) is 0 Å². The fourth-order valence-electron chi connectivity index (χ4n) is 2.44. The Hall–Kier alpha value is -1.81. The Kier molecular flexibility index (Phi) is 3.97. The number of ether oxygens (including phenoxy) is 1. The lowest BCUT2D eigenvalue weighted by Gasteiger charge is -2.04. The highest BCUT2D eigenvalue weighted by Gasteiger charge is 2.09. The molecular formula is C17H17BrN2O. The lowest BCUT2D eigenvalue weighted by atomic mass is 10.1. The molecule has 0 fully saturated rings. The fraction of sp³-hybridized carbons (Fsp3) is 0.235. The summed E-state index contributed by atoms with van der Waals surface area (Å²) in [6.07, 6.45) is 4.00. The second kappa shape index (κ2) is 5.90. The highest BCUT2D eigenvalue weighted by Crippen LogP contribution is 2.21. The highest BCUT2D eigenvalue weighted by atomic mass is 79.9. The summed E-state index contributed by atoms with van der Waals surface area (Å²) in [4.78, 5) is 4.63. The Morgan fingerprint density at radius 1 is 1.10 bits per heavy atom. The number of rotatable bonds is 4. The van der Waals surface area contributed by atoms with Crippen LogP contribution in [0.1, 0.15) is 17.0 Å². The number of aromatic nitrogens is 2. The van der Waals surface area contributed by atoms with Gasteiger partial charge in [-0.3, -0.25) is 0 Å². The van der Waals surface area contributed by atoms with Gasteiger partial charge in [-0.2, -0.15) is 0 Å². The SMILES string of the molecule is COc1ccc(CCc2nc(Br)c3ccc(C)cn23)cc1. The smallest absolute Gasteiger partial charge is 0.132 e. The molecule has 0 spiro atoms. The Balaban J connectivity index is 1.82. The molecule has 0 bridgehead atoms. The van der Waals surface area contributed by atoms with Crippen molar-refractivity contribution >= 4 is 21.4 Å². The molecule has 0 saturated heterocycles. The molecule has 0 N–H and O–H groups in total. The molecule has 0 aliphatic heterocycles. The third kappa shape index (κ3) is 2.95. The van der Waals surface area contributed by atoms with Gasteiger partial charge in [0.05, 0.1) is 12.6 Å². The number of fused-ring (bicyclic) bond motifs is 1. The standard InChI is InChI=1S/C17H17BrN2O/c1-12-3-9-15-17(18)19-16(20(15)11-12)10-6-13-4-7-14(21-2)8-5-13/h3-5,7-9,11H,6,10H2,1-2H3. The molecular weight excluding hydrogens is 328 g/mol. The second-order valence-electron chi connectivity index (χ2n) is 5.13. The third-order valence-corrected chi connectivity index (χ3v) is 4.19. The van der Waals surface area contributed by atoms with E-state index in [-0.39, 0.29) is 0 Å². The maximum absolute atomic E-state index is 5.18. The van der Waals surface area contributed by atoms with Crippen molar-refractivity contribution in [1.29, 1.82) is 0 Å². The topological polar surface area (TPSA) is 26.5 Å². The molecule has 0 atom stereocenters. The average molecular weight is 345 g/mol. The van der Waals surface area contributed by atoms with E-state index in [1.54, 1.807) is 7.11 Å². The number of hydrogen-bond acceptors (Lipinski definition) is 2. The van der Waals surface area contributed by atoms with Crippen molar-refractivity contribution in [3.63, 3.8) is 0 Å². The van der Waals surface area contributed by atoms with Crippen molar-refractivity contribution in [3.8, 4) is 5.75 Å². The van der Waals surface area contributed by atoms with Gasteiger partial charge in [0.2, 0.25) is 0 Å². The van der Waals surface area contributed by atoms with Crippen molar-refractivity contribution < 1.29 is 4.74 Å². The van der Waals surface area contributed by atoms with Crippen molar-refractivity contribution in [2.24, 2.45) is 0 Å². The molecule has 0 aliphatic carbocycles. The molecule has 3 nitrogen and oxygen atoms in total. The predicted molar refractivity (Wildman–Crippen MR) is 88.0 cm³/mol. The van der Waals surface area contributed by atoms with Crippen molar-refractivity contribution in [2.45, 2.75) is 19.8 Å². The van der Waals surface area contributed by atoms with Gasteiger partial charge in [0.15, 0.2) is 0 Å². The van der Waals surface area contributed by atoms with E-state index in [0.717, 1.165) is 34.5 Å². The van der Waals surface area contributed by atoms with Gasteiger partial charge in [-0.05, 0) is 58.6 Å². The van der Waals surface area contributed by atoms with E-state index in [1.807, 2.05) is 12.1 Å². The summed E-state index contributed by atoms with van der Waals surface area (Å²) in [6, 6.07) is 12.4. The zero-order valence-electron chi connectivity index (χ0n) is 12.1. The summed E-state index contributed by atoms with van der Waals surface area (Å²) in [5, 5.41) is 0. The number of nitrogens with zero attached hydrogens (tertiary/aromatic N) is 2. The van der Waals surface area contributed by atoms with E-state index in [1.165, 1.54) is 11.1 Å². The Morgan fingerprint density at radius 3 is 2.57 bits per heavy atom. The summed E-state index contributed by atoms with van der Waals surface area (Å²) < 4.78 is 8.26. The summed E-state index contributed by atoms with van der Waals surface area (Å²) in [5.74, 6) is 1.97. The van der Waals surface area contributed by atoms with Crippen molar-refractivity contribution in [1.82, 2.24) is 9.38 Å². The van der Waals surface area contributed by atoms with Gasteiger partial charge >= 0.3 is 0 Å². The minimum Gasteiger partial charge on any atom is -0.497 e. The fourth-order valence-corrected chi connectivity index (χ4v) is 2.97. The van der Waals surface area contributed by atoms with E-state index >= 15 is 0 Å². The largest absolute Gasteiger partial charge is 0.497 e. The Labute approximate surface area is 132 Å². The molecule has 2 heterocycles. The maximum Gasteiger partial charge on any atom is 0.132 e.